The van der Waals surface area contributed by atoms with Gasteiger partial charge in [-0.25, -0.2) is 4.39 Å². The van der Waals surface area contributed by atoms with Gasteiger partial charge in [-0.3, -0.25) is 9.59 Å². The Hall–Kier alpha value is -3.77. The van der Waals surface area contributed by atoms with E-state index in [-0.39, 0.29) is 41.0 Å². The average Bonchev–Trinajstić information content (AvgIpc) is 3.20. The number of aromatic nitrogens is 2. The van der Waals surface area contributed by atoms with E-state index in [9.17, 15) is 14.0 Å². The summed E-state index contributed by atoms with van der Waals surface area (Å²) in [6.45, 7) is -0.485. The van der Waals surface area contributed by atoms with E-state index in [2.05, 4.69) is 15.5 Å². The maximum absolute atomic E-state index is 13.0. The van der Waals surface area contributed by atoms with Crippen LogP contribution in [0.15, 0.2) is 47.0 Å². The number of carbonyl (C=O) groups excluding carboxylic acids is 2. The van der Waals surface area contributed by atoms with Gasteiger partial charge in [-0.1, -0.05) is 16.8 Å². The Morgan fingerprint density at radius 3 is 2.70 bits per heavy atom. The topological polar surface area (TPSA) is 118 Å². The number of benzene rings is 2. The van der Waals surface area contributed by atoms with Crippen LogP contribution in [0.3, 0.4) is 0 Å². The third-order valence-electron chi connectivity index (χ3n) is 3.85. The predicted molar refractivity (Wildman–Crippen MR) is 104 cm³/mol. The highest BCUT2D eigenvalue weighted by Crippen LogP contribution is 2.20. The maximum Gasteiger partial charge on any atom is 0.306 e. The molecule has 1 N–H and O–H groups in total. The van der Waals surface area contributed by atoms with Crippen molar-refractivity contribution >= 4 is 29.2 Å². The molecule has 0 aliphatic carbocycles. The highest BCUT2D eigenvalue weighted by molar-refractivity contribution is 6.32. The standard InChI is InChI=1S/C20H14ClFN4O4/c21-16-9-15(6-3-13(16)10-23)24-17(27)11-29-19(28)8-7-18-25-20(26-30-18)12-1-4-14(22)5-2-12/h1-6,9H,7-8,11H2,(H,24,27). The summed E-state index contributed by atoms with van der Waals surface area (Å²) in [4.78, 5) is 27.8. The molecular formula is C20H14ClFN4O4. The van der Waals surface area contributed by atoms with Gasteiger partial charge in [0.1, 0.15) is 11.9 Å². The van der Waals surface area contributed by atoms with E-state index in [0.717, 1.165) is 0 Å². The lowest BCUT2D eigenvalue weighted by molar-refractivity contribution is -0.147. The van der Waals surface area contributed by atoms with Gasteiger partial charge < -0.3 is 14.6 Å². The molecule has 0 unspecified atom stereocenters. The highest BCUT2D eigenvalue weighted by Gasteiger charge is 2.13. The molecule has 0 radical (unpaired) electrons. The van der Waals surface area contributed by atoms with E-state index in [1.807, 2.05) is 6.07 Å². The minimum Gasteiger partial charge on any atom is -0.456 e. The Morgan fingerprint density at radius 2 is 2.00 bits per heavy atom. The van der Waals surface area contributed by atoms with Gasteiger partial charge in [0.25, 0.3) is 5.91 Å². The molecule has 10 heteroatoms. The van der Waals surface area contributed by atoms with Crippen LogP contribution in [-0.2, 0) is 20.7 Å². The van der Waals surface area contributed by atoms with Crippen molar-refractivity contribution in [1.82, 2.24) is 10.1 Å². The van der Waals surface area contributed by atoms with Crippen molar-refractivity contribution in [3.8, 4) is 17.5 Å². The second-order valence-electron chi connectivity index (χ2n) is 6.03. The first-order valence-corrected chi connectivity index (χ1v) is 9.06. The van der Waals surface area contributed by atoms with Gasteiger partial charge in [0, 0.05) is 17.7 Å². The molecule has 0 bridgehead atoms. The monoisotopic (exact) mass is 428 g/mol. The van der Waals surface area contributed by atoms with Crippen LogP contribution >= 0.6 is 11.6 Å². The number of nitriles is 1. The molecule has 30 heavy (non-hydrogen) atoms. The average molecular weight is 429 g/mol. The molecule has 0 aliphatic rings. The normalized spacial score (nSPS) is 10.3. The fourth-order valence-corrected chi connectivity index (χ4v) is 2.60. The van der Waals surface area contributed by atoms with Crippen LogP contribution in [0.2, 0.25) is 5.02 Å². The summed E-state index contributed by atoms with van der Waals surface area (Å²) in [5.74, 6) is -1.07. The van der Waals surface area contributed by atoms with Gasteiger partial charge in [-0.15, -0.1) is 0 Å². The number of ether oxygens (including phenoxy) is 1. The molecule has 2 aromatic carbocycles. The highest BCUT2D eigenvalue weighted by atomic mass is 35.5. The first kappa shape index (κ1) is 21.0. The number of halogens is 2. The van der Waals surface area contributed by atoms with Crippen LogP contribution in [0.4, 0.5) is 10.1 Å². The summed E-state index contributed by atoms with van der Waals surface area (Å²) in [5.41, 5.74) is 1.23. The first-order valence-electron chi connectivity index (χ1n) is 8.68. The van der Waals surface area contributed by atoms with Crippen molar-refractivity contribution in [2.45, 2.75) is 12.8 Å². The van der Waals surface area contributed by atoms with Gasteiger partial charge in [-0.2, -0.15) is 10.2 Å². The van der Waals surface area contributed by atoms with Crippen molar-refractivity contribution < 1.29 is 23.2 Å². The van der Waals surface area contributed by atoms with Crippen LogP contribution < -0.4 is 5.32 Å². The van der Waals surface area contributed by atoms with Crippen molar-refractivity contribution in [2.24, 2.45) is 0 Å². The van der Waals surface area contributed by atoms with E-state index >= 15 is 0 Å². The number of carbonyl (C=O) groups is 2. The molecule has 0 spiro atoms. The smallest absolute Gasteiger partial charge is 0.306 e. The minimum absolute atomic E-state index is 0.0684. The molecule has 3 rings (SSSR count). The van der Waals surface area contributed by atoms with Crippen molar-refractivity contribution in [3.05, 3.63) is 64.8 Å². The zero-order chi connectivity index (χ0) is 21.5. The minimum atomic E-state index is -0.621. The number of anilines is 1. The Bertz CT molecular complexity index is 1110. The fraction of sp³-hybridized carbons (Fsp3) is 0.150. The van der Waals surface area contributed by atoms with Crippen LogP contribution in [0, 0.1) is 17.1 Å². The second kappa shape index (κ2) is 9.62. The molecular weight excluding hydrogens is 415 g/mol. The Balaban J connectivity index is 1.44. The lowest BCUT2D eigenvalue weighted by Crippen LogP contribution is -2.21. The van der Waals surface area contributed by atoms with Crippen molar-refractivity contribution in [3.63, 3.8) is 0 Å². The van der Waals surface area contributed by atoms with Crippen molar-refractivity contribution in [2.75, 3.05) is 11.9 Å². The number of aryl methyl sites for hydroxylation is 1. The third-order valence-corrected chi connectivity index (χ3v) is 4.16. The molecule has 3 aromatic rings. The van der Waals surface area contributed by atoms with Gasteiger partial charge in [0.2, 0.25) is 11.7 Å². The molecule has 1 amide bonds. The number of amides is 1. The summed E-state index contributed by atoms with van der Waals surface area (Å²) in [7, 11) is 0. The number of esters is 1. The van der Waals surface area contributed by atoms with Crippen LogP contribution in [-0.4, -0.2) is 28.6 Å². The first-order chi connectivity index (χ1) is 14.4. The lowest BCUT2D eigenvalue weighted by atomic mass is 10.2. The van der Waals surface area contributed by atoms with Crippen LogP contribution in [0.1, 0.15) is 17.9 Å². The maximum atomic E-state index is 13.0. The van der Waals surface area contributed by atoms with Gasteiger partial charge in [0.15, 0.2) is 6.61 Å². The van der Waals surface area contributed by atoms with Crippen LogP contribution in [0.25, 0.3) is 11.4 Å². The second-order valence-corrected chi connectivity index (χ2v) is 6.44. The fourth-order valence-electron chi connectivity index (χ4n) is 2.38. The van der Waals surface area contributed by atoms with Crippen LogP contribution in [0.5, 0.6) is 0 Å². The molecule has 0 aliphatic heterocycles. The van der Waals surface area contributed by atoms with E-state index in [0.29, 0.717) is 11.3 Å². The quantitative estimate of drug-likeness (QED) is 0.572. The summed E-state index contributed by atoms with van der Waals surface area (Å²) in [5, 5.41) is 15.3. The molecule has 0 saturated carbocycles. The summed E-state index contributed by atoms with van der Waals surface area (Å²) in [6.07, 6.45) is 0.0565. The SMILES string of the molecule is N#Cc1ccc(NC(=O)COC(=O)CCc2nc(-c3ccc(F)cc3)no2)cc1Cl. The van der Waals surface area contributed by atoms with Gasteiger partial charge in [0.05, 0.1) is 17.0 Å². The van der Waals surface area contributed by atoms with E-state index in [4.69, 9.17) is 26.1 Å². The number of hydrogen-bond donors (Lipinski definition) is 1. The summed E-state index contributed by atoms with van der Waals surface area (Å²) >= 11 is 5.89. The van der Waals surface area contributed by atoms with Crippen molar-refractivity contribution in [1.29, 1.82) is 5.26 Å². The zero-order valence-corrected chi connectivity index (χ0v) is 16.1. The van der Waals surface area contributed by atoms with Gasteiger partial charge in [-0.05, 0) is 42.5 Å². The predicted octanol–water partition coefficient (Wildman–Crippen LogP) is 3.52. The number of nitrogens with one attached hydrogen (secondary N) is 1. The molecule has 0 atom stereocenters. The molecule has 0 saturated heterocycles. The van der Waals surface area contributed by atoms with E-state index in [1.54, 1.807) is 0 Å². The Labute approximate surface area is 175 Å². The lowest BCUT2D eigenvalue weighted by Gasteiger charge is -2.07. The third kappa shape index (κ3) is 5.62. The Morgan fingerprint density at radius 1 is 1.23 bits per heavy atom. The molecule has 152 valence electrons. The molecule has 0 fully saturated rings. The van der Waals surface area contributed by atoms with Gasteiger partial charge >= 0.3 is 5.97 Å². The molecule has 1 aromatic heterocycles. The zero-order valence-electron chi connectivity index (χ0n) is 15.4. The number of nitrogens with zero attached hydrogens (tertiary/aromatic N) is 3. The van der Waals surface area contributed by atoms with E-state index in [1.165, 1.54) is 42.5 Å². The number of hydrogen-bond acceptors (Lipinski definition) is 7. The summed E-state index contributed by atoms with van der Waals surface area (Å²) < 4.78 is 22.9. The molecule has 8 nitrogen and oxygen atoms in total. The number of rotatable bonds is 7. The van der Waals surface area contributed by atoms with E-state index < -0.39 is 18.5 Å². The largest absolute Gasteiger partial charge is 0.456 e. The Kier molecular flexibility index (Phi) is 6.72. The molecule has 1 heterocycles. The summed E-state index contributed by atoms with van der Waals surface area (Å²) in [6, 6.07) is 11.9.